The molecule has 0 aliphatic carbocycles. The molecule has 1 saturated heterocycles. The van der Waals surface area contributed by atoms with Gasteiger partial charge in [0.1, 0.15) is 5.60 Å². The zero-order valence-electron chi connectivity index (χ0n) is 15.2. The van der Waals surface area contributed by atoms with Crippen LogP contribution in [-0.4, -0.2) is 48.0 Å². The Morgan fingerprint density at radius 1 is 1.44 bits per heavy atom. The highest BCUT2D eigenvalue weighted by Crippen LogP contribution is 2.34. The Kier molecular flexibility index (Phi) is 7.11. The van der Waals surface area contributed by atoms with E-state index in [1.54, 1.807) is 4.90 Å². The topological polar surface area (TPSA) is 59.0 Å². The van der Waals surface area contributed by atoms with Crippen LogP contribution >= 0.6 is 11.6 Å². The van der Waals surface area contributed by atoms with Crippen molar-refractivity contribution in [2.24, 2.45) is 5.92 Å². The lowest BCUT2D eigenvalue weighted by Gasteiger charge is -2.37. The molecule has 1 aliphatic rings. The Bertz CT molecular complexity index is 573. The number of carbonyl (C=O) groups excluding carboxylic acids is 1. The molecule has 0 radical (unpaired) electrons. The van der Waals surface area contributed by atoms with Crippen LogP contribution in [-0.2, 0) is 9.47 Å². The van der Waals surface area contributed by atoms with E-state index < -0.39 is 5.60 Å². The molecule has 0 unspecified atom stereocenters. The second kappa shape index (κ2) is 8.88. The van der Waals surface area contributed by atoms with E-state index in [1.165, 1.54) is 0 Å². The number of likely N-dealkylation sites (tertiary alicyclic amines) is 1. The molecule has 1 amide bonds. The fraction of sp³-hybridized carbons (Fsp3) is 0.632. The molecular formula is C19H28ClNO4. The number of aliphatic hydroxyl groups excluding tert-OH is 1. The zero-order valence-corrected chi connectivity index (χ0v) is 16.0. The van der Waals surface area contributed by atoms with Crippen molar-refractivity contribution in [1.82, 2.24) is 4.90 Å². The summed E-state index contributed by atoms with van der Waals surface area (Å²) in [4.78, 5) is 14.1. The first-order valence-electron chi connectivity index (χ1n) is 8.76. The molecule has 1 aliphatic heterocycles. The summed E-state index contributed by atoms with van der Waals surface area (Å²) in [7, 11) is 0. The summed E-state index contributed by atoms with van der Waals surface area (Å²) in [6.07, 6.45) is 1.34. The second-order valence-electron chi connectivity index (χ2n) is 7.40. The maximum Gasteiger partial charge on any atom is 0.410 e. The Hall–Kier alpha value is -1.30. The summed E-state index contributed by atoms with van der Waals surface area (Å²) in [5, 5.41) is 9.80. The minimum absolute atomic E-state index is 0.0421. The number of piperidine rings is 1. The number of rotatable bonds is 5. The van der Waals surface area contributed by atoms with Crippen molar-refractivity contribution in [3.8, 4) is 0 Å². The van der Waals surface area contributed by atoms with Gasteiger partial charge in [-0.25, -0.2) is 4.79 Å². The van der Waals surface area contributed by atoms with Gasteiger partial charge in [0.2, 0.25) is 0 Å². The molecule has 5 nitrogen and oxygen atoms in total. The zero-order chi connectivity index (χ0) is 18.4. The number of nitrogens with zero attached hydrogens (tertiary/aromatic N) is 1. The Morgan fingerprint density at radius 3 is 2.84 bits per heavy atom. The van der Waals surface area contributed by atoms with Gasteiger partial charge < -0.3 is 19.5 Å². The predicted molar refractivity (Wildman–Crippen MR) is 97.8 cm³/mol. The highest BCUT2D eigenvalue weighted by molar-refractivity contribution is 6.30. The van der Waals surface area contributed by atoms with Crippen LogP contribution in [0.3, 0.4) is 0 Å². The number of benzene rings is 1. The predicted octanol–water partition coefficient (Wildman–Crippen LogP) is 4.04. The second-order valence-corrected chi connectivity index (χ2v) is 7.84. The third kappa shape index (κ3) is 6.17. The highest BCUT2D eigenvalue weighted by atomic mass is 35.5. The van der Waals surface area contributed by atoms with Gasteiger partial charge >= 0.3 is 6.09 Å². The van der Waals surface area contributed by atoms with E-state index in [0.29, 0.717) is 18.1 Å². The molecule has 25 heavy (non-hydrogen) atoms. The summed E-state index contributed by atoms with van der Waals surface area (Å²) >= 11 is 6.12. The van der Waals surface area contributed by atoms with Crippen molar-refractivity contribution in [3.63, 3.8) is 0 Å². The van der Waals surface area contributed by atoms with Crippen molar-refractivity contribution in [3.05, 3.63) is 34.9 Å². The van der Waals surface area contributed by atoms with Gasteiger partial charge in [0.05, 0.1) is 19.3 Å². The van der Waals surface area contributed by atoms with Gasteiger partial charge in [-0.15, -0.1) is 0 Å². The van der Waals surface area contributed by atoms with E-state index in [4.69, 9.17) is 26.2 Å². The third-order valence-electron chi connectivity index (χ3n) is 4.10. The largest absolute Gasteiger partial charge is 0.444 e. The number of carbonyl (C=O) groups is 1. The quantitative estimate of drug-likeness (QED) is 0.851. The van der Waals surface area contributed by atoms with Crippen LogP contribution in [0.15, 0.2) is 24.3 Å². The number of hydrogen-bond acceptors (Lipinski definition) is 4. The molecule has 1 N–H and O–H groups in total. The SMILES string of the molecule is CC(C)(C)OC(=O)N1CCC[C@@H]([C@@H](OCCO)c2cccc(Cl)c2)C1. The number of ether oxygens (including phenoxy) is 2. The minimum atomic E-state index is -0.510. The molecule has 140 valence electrons. The third-order valence-corrected chi connectivity index (χ3v) is 4.34. The van der Waals surface area contributed by atoms with E-state index >= 15 is 0 Å². The molecule has 2 atom stereocenters. The lowest BCUT2D eigenvalue weighted by Crippen LogP contribution is -2.44. The first-order chi connectivity index (χ1) is 11.8. The van der Waals surface area contributed by atoms with E-state index in [-0.39, 0.29) is 31.3 Å². The first kappa shape index (κ1) is 20.0. The Labute approximate surface area is 154 Å². The van der Waals surface area contributed by atoms with Gasteiger partial charge in [-0.1, -0.05) is 23.7 Å². The standard InChI is InChI=1S/C19H28ClNO4/c1-19(2,3)25-18(23)21-9-5-7-15(13-21)17(24-11-10-22)14-6-4-8-16(20)12-14/h4,6,8,12,15,17,22H,5,7,9-11,13H2,1-3H3/t15-,17+/m1/s1. The fourth-order valence-electron chi connectivity index (χ4n) is 3.12. The van der Waals surface area contributed by atoms with Crippen molar-refractivity contribution in [2.75, 3.05) is 26.3 Å². The molecule has 1 aromatic rings. The lowest BCUT2D eigenvalue weighted by molar-refractivity contribution is -0.0348. The minimum Gasteiger partial charge on any atom is -0.444 e. The van der Waals surface area contributed by atoms with Crippen molar-refractivity contribution < 1.29 is 19.4 Å². The van der Waals surface area contributed by atoms with Crippen molar-refractivity contribution in [2.45, 2.75) is 45.3 Å². The maximum atomic E-state index is 12.4. The van der Waals surface area contributed by atoms with E-state index in [9.17, 15) is 4.79 Å². The van der Waals surface area contributed by atoms with Crippen LogP contribution in [0.4, 0.5) is 4.79 Å². The molecule has 6 heteroatoms. The van der Waals surface area contributed by atoms with Crippen LogP contribution in [0.1, 0.15) is 45.3 Å². The van der Waals surface area contributed by atoms with Crippen LogP contribution in [0.2, 0.25) is 5.02 Å². The summed E-state index contributed by atoms with van der Waals surface area (Å²) in [6.45, 7) is 7.06. The summed E-state index contributed by atoms with van der Waals surface area (Å²) < 4.78 is 11.4. The van der Waals surface area contributed by atoms with E-state index in [1.807, 2.05) is 45.0 Å². The van der Waals surface area contributed by atoms with Gasteiger partial charge in [0.15, 0.2) is 0 Å². The molecule has 1 aromatic carbocycles. The van der Waals surface area contributed by atoms with Gasteiger partial charge in [-0.3, -0.25) is 0 Å². The first-order valence-corrected chi connectivity index (χ1v) is 9.14. The normalized spacial score (nSPS) is 19.6. The fourth-order valence-corrected chi connectivity index (χ4v) is 3.32. The van der Waals surface area contributed by atoms with Crippen LogP contribution < -0.4 is 0 Å². The van der Waals surface area contributed by atoms with Crippen molar-refractivity contribution >= 4 is 17.7 Å². The Balaban J connectivity index is 2.12. The number of hydrogen-bond donors (Lipinski definition) is 1. The molecule has 0 bridgehead atoms. The van der Waals surface area contributed by atoms with Crippen LogP contribution in [0.5, 0.6) is 0 Å². The average molecular weight is 370 g/mol. The highest BCUT2D eigenvalue weighted by Gasteiger charge is 2.33. The average Bonchev–Trinajstić information content (AvgIpc) is 2.54. The van der Waals surface area contributed by atoms with Crippen LogP contribution in [0.25, 0.3) is 0 Å². The molecule has 0 aromatic heterocycles. The van der Waals surface area contributed by atoms with Gasteiger partial charge in [-0.05, 0) is 51.3 Å². The molecule has 1 heterocycles. The van der Waals surface area contributed by atoms with E-state index in [0.717, 1.165) is 18.4 Å². The summed E-state index contributed by atoms with van der Waals surface area (Å²) in [5.41, 5.74) is 0.459. The molecule has 0 spiro atoms. The smallest absolute Gasteiger partial charge is 0.410 e. The summed E-state index contributed by atoms with van der Waals surface area (Å²) in [6, 6.07) is 7.57. The van der Waals surface area contributed by atoms with E-state index in [2.05, 4.69) is 0 Å². The summed E-state index contributed by atoms with van der Waals surface area (Å²) in [5.74, 6) is 0.131. The van der Waals surface area contributed by atoms with Gasteiger partial charge in [0, 0.05) is 24.0 Å². The monoisotopic (exact) mass is 369 g/mol. The lowest BCUT2D eigenvalue weighted by atomic mass is 9.88. The molecular weight excluding hydrogens is 342 g/mol. The number of halogens is 1. The molecule has 0 saturated carbocycles. The van der Waals surface area contributed by atoms with Gasteiger partial charge in [0.25, 0.3) is 0 Å². The van der Waals surface area contributed by atoms with Gasteiger partial charge in [-0.2, -0.15) is 0 Å². The number of amides is 1. The maximum absolute atomic E-state index is 12.4. The van der Waals surface area contributed by atoms with Crippen LogP contribution in [0, 0.1) is 5.92 Å². The number of aliphatic hydroxyl groups is 1. The molecule has 1 fully saturated rings. The van der Waals surface area contributed by atoms with Crippen molar-refractivity contribution in [1.29, 1.82) is 0 Å². The molecule has 2 rings (SSSR count). The Morgan fingerprint density at radius 2 is 2.20 bits per heavy atom.